The van der Waals surface area contributed by atoms with Crippen LogP contribution in [0.3, 0.4) is 0 Å². The first-order valence-electron chi connectivity index (χ1n) is 10.4. The lowest BCUT2D eigenvalue weighted by molar-refractivity contribution is -0.130. The summed E-state index contributed by atoms with van der Waals surface area (Å²) in [6.45, 7) is 11.5. The number of aromatic nitrogens is 2. The van der Waals surface area contributed by atoms with E-state index in [2.05, 4.69) is 40.3 Å². The molecule has 3 rings (SSSR count). The summed E-state index contributed by atoms with van der Waals surface area (Å²) in [4.78, 5) is 27.5. The first-order chi connectivity index (χ1) is 13.1. The SMILES string of the molecule is C=CCN1CC[C@]2(CCC1=O)CN(Cc1cnc(CCCC)[nH]1)CCN2C. The number of nitrogens with zero attached hydrogens (tertiary/aromatic N) is 4. The third-order valence-corrected chi connectivity index (χ3v) is 6.27. The molecule has 6 nitrogen and oxygen atoms in total. The van der Waals surface area contributed by atoms with Crippen LogP contribution in [0.4, 0.5) is 0 Å². The van der Waals surface area contributed by atoms with Gasteiger partial charge >= 0.3 is 0 Å². The van der Waals surface area contributed by atoms with Crippen LogP contribution in [0.2, 0.25) is 0 Å². The molecule has 1 N–H and O–H groups in total. The van der Waals surface area contributed by atoms with Gasteiger partial charge in [-0.05, 0) is 26.3 Å². The first-order valence-corrected chi connectivity index (χ1v) is 10.4. The van der Waals surface area contributed by atoms with E-state index in [1.54, 1.807) is 0 Å². The average molecular weight is 374 g/mol. The Hall–Kier alpha value is -1.66. The van der Waals surface area contributed by atoms with Gasteiger partial charge in [0.1, 0.15) is 5.82 Å². The van der Waals surface area contributed by atoms with Gasteiger partial charge in [-0.25, -0.2) is 4.98 Å². The lowest BCUT2D eigenvalue weighted by atomic mass is 9.86. The molecule has 2 aliphatic rings. The number of hydrogen-bond acceptors (Lipinski definition) is 4. The van der Waals surface area contributed by atoms with Gasteiger partial charge in [0, 0.05) is 69.5 Å². The van der Waals surface area contributed by atoms with E-state index in [1.807, 2.05) is 17.2 Å². The summed E-state index contributed by atoms with van der Waals surface area (Å²) < 4.78 is 0. The highest BCUT2D eigenvalue weighted by Gasteiger charge is 2.42. The lowest BCUT2D eigenvalue weighted by Gasteiger charge is -2.49. The minimum absolute atomic E-state index is 0.0922. The third kappa shape index (κ3) is 4.79. The predicted molar refractivity (Wildman–Crippen MR) is 108 cm³/mol. The molecule has 0 radical (unpaired) electrons. The zero-order valence-electron chi connectivity index (χ0n) is 17.0. The summed E-state index contributed by atoms with van der Waals surface area (Å²) in [5, 5.41) is 0. The van der Waals surface area contributed by atoms with E-state index in [9.17, 15) is 4.79 Å². The summed E-state index contributed by atoms with van der Waals surface area (Å²) in [6, 6.07) is 0. The molecule has 6 heteroatoms. The molecule has 0 aromatic carbocycles. The summed E-state index contributed by atoms with van der Waals surface area (Å²) in [7, 11) is 2.23. The Morgan fingerprint density at radius 3 is 2.96 bits per heavy atom. The minimum Gasteiger partial charge on any atom is -0.345 e. The number of unbranched alkanes of at least 4 members (excludes halogenated alkanes) is 1. The van der Waals surface area contributed by atoms with Crippen molar-refractivity contribution < 1.29 is 4.79 Å². The largest absolute Gasteiger partial charge is 0.345 e. The van der Waals surface area contributed by atoms with Crippen LogP contribution in [0.5, 0.6) is 0 Å². The number of carbonyl (C=O) groups is 1. The van der Waals surface area contributed by atoms with E-state index < -0.39 is 0 Å². The molecule has 1 aromatic rings. The Morgan fingerprint density at radius 2 is 2.19 bits per heavy atom. The third-order valence-electron chi connectivity index (χ3n) is 6.27. The van der Waals surface area contributed by atoms with Crippen molar-refractivity contribution in [1.82, 2.24) is 24.7 Å². The number of aryl methyl sites for hydroxylation is 1. The maximum Gasteiger partial charge on any atom is 0.222 e. The monoisotopic (exact) mass is 373 g/mol. The van der Waals surface area contributed by atoms with E-state index in [0.29, 0.717) is 13.0 Å². The maximum absolute atomic E-state index is 12.4. The second-order valence-corrected chi connectivity index (χ2v) is 8.19. The van der Waals surface area contributed by atoms with Crippen molar-refractivity contribution in [3.05, 3.63) is 30.4 Å². The predicted octanol–water partition coefficient (Wildman–Crippen LogP) is 2.44. The Balaban J connectivity index is 1.64. The van der Waals surface area contributed by atoms with Gasteiger partial charge in [0.15, 0.2) is 0 Å². The highest BCUT2D eigenvalue weighted by molar-refractivity contribution is 5.76. The molecule has 3 heterocycles. The number of likely N-dealkylation sites (N-methyl/N-ethyl adjacent to an activating group) is 1. The highest BCUT2D eigenvalue weighted by Crippen LogP contribution is 2.32. The molecule has 1 aromatic heterocycles. The van der Waals surface area contributed by atoms with Crippen molar-refractivity contribution in [2.75, 3.05) is 39.8 Å². The van der Waals surface area contributed by atoms with Crippen LogP contribution in [0, 0.1) is 0 Å². The molecule has 2 aliphatic heterocycles. The van der Waals surface area contributed by atoms with Crippen molar-refractivity contribution in [3.8, 4) is 0 Å². The fourth-order valence-electron chi connectivity index (χ4n) is 4.46. The standard InChI is InChI=1S/C21H35N5O/c1-4-6-7-19-22-15-18(23-19)16-25-14-13-24(3)21(17-25)9-8-20(27)26(11-5-2)12-10-21/h5,15H,2,4,6-14,16-17H2,1,3H3,(H,22,23)/t21-/m1/s1. The molecular weight excluding hydrogens is 338 g/mol. The van der Waals surface area contributed by atoms with Crippen molar-refractivity contribution in [2.45, 2.75) is 57.5 Å². The molecule has 2 fully saturated rings. The Kier molecular flexibility index (Phi) is 6.71. The van der Waals surface area contributed by atoms with Crippen LogP contribution in [-0.2, 0) is 17.8 Å². The van der Waals surface area contributed by atoms with Crippen LogP contribution < -0.4 is 0 Å². The summed E-state index contributed by atoms with van der Waals surface area (Å²) in [5.41, 5.74) is 1.30. The first kappa shape index (κ1) is 20.1. The Bertz CT molecular complexity index is 642. The van der Waals surface area contributed by atoms with Crippen LogP contribution >= 0.6 is 0 Å². The van der Waals surface area contributed by atoms with Gasteiger partial charge in [-0.2, -0.15) is 0 Å². The number of H-pyrrole nitrogens is 1. The molecule has 0 bridgehead atoms. The Morgan fingerprint density at radius 1 is 1.33 bits per heavy atom. The second kappa shape index (κ2) is 9.02. The number of amides is 1. The topological polar surface area (TPSA) is 55.5 Å². The van der Waals surface area contributed by atoms with E-state index >= 15 is 0 Å². The van der Waals surface area contributed by atoms with Gasteiger partial charge in [0.2, 0.25) is 5.91 Å². The number of hydrogen-bond donors (Lipinski definition) is 1. The molecule has 150 valence electrons. The number of imidazole rings is 1. The van der Waals surface area contributed by atoms with Crippen molar-refractivity contribution in [2.24, 2.45) is 0 Å². The number of rotatable bonds is 7. The number of likely N-dealkylation sites (tertiary alicyclic amines) is 1. The van der Waals surface area contributed by atoms with Gasteiger partial charge in [0.05, 0.1) is 0 Å². The van der Waals surface area contributed by atoms with Crippen LogP contribution in [0.1, 0.15) is 50.5 Å². The van der Waals surface area contributed by atoms with E-state index in [1.165, 1.54) is 18.5 Å². The number of aromatic amines is 1. The lowest BCUT2D eigenvalue weighted by Crippen LogP contribution is -2.60. The molecular formula is C21H35N5O. The van der Waals surface area contributed by atoms with Crippen molar-refractivity contribution >= 4 is 5.91 Å². The molecule has 1 atom stereocenters. The van der Waals surface area contributed by atoms with Gasteiger partial charge in [-0.15, -0.1) is 6.58 Å². The highest BCUT2D eigenvalue weighted by atomic mass is 16.2. The van der Waals surface area contributed by atoms with Gasteiger partial charge in [0.25, 0.3) is 0 Å². The van der Waals surface area contributed by atoms with E-state index in [-0.39, 0.29) is 11.4 Å². The fraction of sp³-hybridized carbons (Fsp3) is 0.714. The molecule has 0 unspecified atom stereocenters. The molecule has 27 heavy (non-hydrogen) atoms. The van der Waals surface area contributed by atoms with Crippen molar-refractivity contribution in [3.63, 3.8) is 0 Å². The zero-order chi connectivity index (χ0) is 19.3. The van der Waals surface area contributed by atoms with Crippen LogP contribution in [0.15, 0.2) is 18.9 Å². The number of nitrogens with one attached hydrogen (secondary N) is 1. The summed E-state index contributed by atoms with van der Waals surface area (Å²) >= 11 is 0. The molecule has 1 amide bonds. The Labute approximate surface area is 163 Å². The number of carbonyl (C=O) groups excluding carboxylic acids is 1. The second-order valence-electron chi connectivity index (χ2n) is 8.19. The van der Waals surface area contributed by atoms with Gasteiger partial charge in [-0.1, -0.05) is 19.4 Å². The van der Waals surface area contributed by atoms with Gasteiger partial charge in [-0.3, -0.25) is 14.6 Å². The van der Waals surface area contributed by atoms with E-state index in [0.717, 1.165) is 57.8 Å². The molecule has 0 aliphatic carbocycles. The smallest absolute Gasteiger partial charge is 0.222 e. The normalized spacial score (nSPS) is 25.1. The maximum atomic E-state index is 12.4. The average Bonchev–Trinajstić information content (AvgIpc) is 3.05. The van der Waals surface area contributed by atoms with Crippen molar-refractivity contribution in [1.29, 1.82) is 0 Å². The minimum atomic E-state index is 0.0922. The van der Waals surface area contributed by atoms with Crippen LogP contribution in [0.25, 0.3) is 0 Å². The number of piperazine rings is 1. The molecule has 1 spiro atoms. The summed E-state index contributed by atoms with van der Waals surface area (Å²) in [5.74, 6) is 1.38. The van der Waals surface area contributed by atoms with Gasteiger partial charge < -0.3 is 9.88 Å². The molecule has 0 saturated carbocycles. The molecule has 2 saturated heterocycles. The fourth-order valence-corrected chi connectivity index (χ4v) is 4.46. The zero-order valence-corrected chi connectivity index (χ0v) is 17.0. The van der Waals surface area contributed by atoms with Crippen LogP contribution in [-0.4, -0.2) is 75.9 Å². The summed E-state index contributed by atoms with van der Waals surface area (Å²) in [6.07, 6.45) is 9.85. The van der Waals surface area contributed by atoms with E-state index in [4.69, 9.17) is 0 Å². The quantitative estimate of drug-likeness (QED) is 0.746.